The highest BCUT2D eigenvalue weighted by molar-refractivity contribution is 7.19. The molecule has 0 spiro atoms. The molecule has 0 aliphatic carbocycles. The highest BCUT2D eigenvalue weighted by Crippen LogP contribution is 2.41. The molecule has 3 aromatic rings. The number of carbonyl (C=O) groups excluding carboxylic acids is 1. The summed E-state index contributed by atoms with van der Waals surface area (Å²) in [5.41, 5.74) is 4.11. The van der Waals surface area contributed by atoms with Gasteiger partial charge in [-0.3, -0.25) is 4.79 Å². The van der Waals surface area contributed by atoms with Crippen molar-refractivity contribution in [2.24, 2.45) is 4.99 Å². The second-order valence-corrected chi connectivity index (χ2v) is 14.8. The average Bonchev–Trinajstić information content (AvgIpc) is 3.75. The molecule has 50 heavy (non-hydrogen) atoms. The third-order valence-electron chi connectivity index (χ3n) is 9.82. The Hall–Kier alpha value is -3.64. The van der Waals surface area contributed by atoms with Gasteiger partial charge in [0.15, 0.2) is 16.8 Å². The number of thiazole rings is 1. The molecule has 1 unspecified atom stereocenters. The van der Waals surface area contributed by atoms with Crippen LogP contribution in [0.1, 0.15) is 165 Å². The Morgan fingerprint density at radius 2 is 1.44 bits per heavy atom. The molecule has 0 saturated heterocycles. The van der Waals surface area contributed by atoms with Crippen LogP contribution in [0.2, 0.25) is 0 Å². The van der Waals surface area contributed by atoms with E-state index in [4.69, 9.17) is 20.1 Å². The van der Waals surface area contributed by atoms with Gasteiger partial charge >= 0.3 is 0 Å². The smallest absolute Gasteiger partial charge is 0.291 e. The Kier molecular flexibility index (Phi) is 15.9. The topological polar surface area (TPSA) is 100 Å². The summed E-state index contributed by atoms with van der Waals surface area (Å²) in [6.07, 6.45) is 19.0. The number of unbranched alkanes of at least 4 members (excludes halogenated alkanes) is 11. The number of hydrogen-bond acceptors (Lipinski definition) is 8. The molecule has 0 amide bonds. The molecule has 0 radical (unpaired) electrons. The third-order valence-corrected chi connectivity index (χ3v) is 10.8. The third kappa shape index (κ3) is 10.2. The standard InChI is InChI=1S/C41H59N7OS/c1-7-11-14-16-18-20-27-47(28-21-19-17-15-12-8-2)41-44-36(33-25-23-30(5)24-26-33)39(50-41)43-35-31(6)34(29-42)40(49)48-38(35)45-37(46-48)32(10-4)22-13-9-3/h23-26,32H,7-22,27-28H2,1-6H3. The quantitative estimate of drug-likeness (QED) is 0.0969. The Labute approximate surface area is 305 Å². The van der Waals surface area contributed by atoms with Crippen molar-refractivity contribution >= 4 is 33.1 Å². The molecule has 3 heterocycles. The van der Waals surface area contributed by atoms with Crippen molar-refractivity contribution in [2.45, 2.75) is 150 Å². The maximum atomic E-state index is 13.5. The van der Waals surface area contributed by atoms with Crippen molar-refractivity contribution in [3.8, 4) is 17.3 Å². The van der Waals surface area contributed by atoms with Crippen LogP contribution in [-0.2, 0) is 0 Å². The molecule has 0 N–H and O–H groups in total. The largest absolute Gasteiger partial charge is 0.348 e. The lowest BCUT2D eigenvalue weighted by atomic mass is 9.98. The maximum Gasteiger partial charge on any atom is 0.291 e. The van der Waals surface area contributed by atoms with Crippen molar-refractivity contribution in [2.75, 3.05) is 18.0 Å². The van der Waals surface area contributed by atoms with Gasteiger partial charge in [-0.05, 0) is 39.5 Å². The van der Waals surface area contributed by atoms with Crippen LogP contribution in [0.25, 0.3) is 11.3 Å². The van der Waals surface area contributed by atoms with Crippen LogP contribution in [0.5, 0.6) is 0 Å². The fourth-order valence-corrected chi connectivity index (χ4v) is 7.58. The SMILES string of the molecule is CCCCCCCCN(CCCCCCCC)c1nc(-c2ccc(C)cc2)c(N=C2C(C)=C(C#N)C(=O)n3nc(C(CC)CCCC)nc32)s1. The number of nitrogens with zero attached hydrogens (tertiary/aromatic N) is 7. The van der Waals surface area contributed by atoms with E-state index >= 15 is 0 Å². The van der Waals surface area contributed by atoms with Gasteiger partial charge in [-0.25, -0.2) is 15.0 Å². The molecule has 2 aromatic heterocycles. The number of carbonyl (C=O) groups is 1. The molecule has 4 rings (SSSR count). The molecule has 0 saturated carbocycles. The maximum absolute atomic E-state index is 13.5. The molecule has 1 aliphatic rings. The number of aryl methyl sites for hydroxylation is 1. The van der Waals surface area contributed by atoms with E-state index in [1.165, 1.54) is 74.5 Å². The van der Waals surface area contributed by atoms with E-state index in [9.17, 15) is 10.1 Å². The van der Waals surface area contributed by atoms with Crippen LogP contribution in [-0.4, -0.2) is 44.5 Å². The lowest BCUT2D eigenvalue weighted by Gasteiger charge is -2.22. The first kappa shape index (κ1) is 39.2. The highest BCUT2D eigenvalue weighted by atomic mass is 32.1. The summed E-state index contributed by atoms with van der Waals surface area (Å²) in [5.74, 6) is 0.772. The van der Waals surface area contributed by atoms with Gasteiger partial charge in [-0.2, -0.15) is 9.94 Å². The minimum atomic E-state index is -0.434. The van der Waals surface area contributed by atoms with E-state index in [0.717, 1.165) is 73.0 Å². The summed E-state index contributed by atoms with van der Waals surface area (Å²) >= 11 is 1.60. The van der Waals surface area contributed by atoms with Crippen molar-refractivity contribution in [3.05, 3.63) is 52.6 Å². The van der Waals surface area contributed by atoms with Crippen molar-refractivity contribution in [3.63, 3.8) is 0 Å². The monoisotopic (exact) mass is 697 g/mol. The lowest BCUT2D eigenvalue weighted by molar-refractivity contribution is 0.0941. The molecular weight excluding hydrogens is 639 g/mol. The van der Waals surface area contributed by atoms with E-state index in [-0.39, 0.29) is 11.5 Å². The van der Waals surface area contributed by atoms with Gasteiger partial charge < -0.3 is 4.90 Å². The molecule has 9 heteroatoms. The fourth-order valence-electron chi connectivity index (χ4n) is 6.56. The van der Waals surface area contributed by atoms with E-state index in [1.54, 1.807) is 18.3 Å². The Balaban J connectivity index is 1.77. The summed E-state index contributed by atoms with van der Waals surface area (Å²) in [6.45, 7) is 14.7. The summed E-state index contributed by atoms with van der Waals surface area (Å²) in [6, 6.07) is 10.6. The number of nitriles is 1. The lowest BCUT2D eigenvalue weighted by Crippen LogP contribution is -2.28. The van der Waals surface area contributed by atoms with Gasteiger partial charge in [-0.15, -0.1) is 5.10 Å². The molecular formula is C41H59N7OS. The Morgan fingerprint density at radius 3 is 2.02 bits per heavy atom. The van der Waals surface area contributed by atoms with Crippen LogP contribution in [0.15, 0.2) is 40.4 Å². The van der Waals surface area contributed by atoms with Crippen LogP contribution in [0.4, 0.5) is 10.1 Å². The van der Waals surface area contributed by atoms with E-state index in [1.807, 2.05) is 0 Å². The van der Waals surface area contributed by atoms with Gasteiger partial charge in [0.05, 0.1) is 0 Å². The van der Waals surface area contributed by atoms with Gasteiger partial charge in [0, 0.05) is 30.1 Å². The van der Waals surface area contributed by atoms with Crippen LogP contribution < -0.4 is 4.90 Å². The summed E-state index contributed by atoms with van der Waals surface area (Å²) < 4.78 is 1.31. The molecule has 0 bridgehead atoms. The fraction of sp³-hybridized carbons (Fsp3) is 0.610. The zero-order valence-electron chi connectivity index (χ0n) is 31.6. The minimum Gasteiger partial charge on any atom is -0.348 e. The van der Waals surface area contributed by atoms with E-state index < -0.39 is 5.91 Å². The molecule has 270 valence electrons. The summed E-state index contributed by atoms with van der Waals surface area (Å²) in [7, 11) is 0. The summed E-state index contributed by atoms with van der Waals surface area (Å²) in [5, 5.41) is 16.5. The number of aromatic nitrogens is 4. The number of hydrogen-bond donors (Lipinski definition) is 0. The predicted molar refractivity (Wildman–Crippen MR) is 209 cm³/mol. The van der Waals surface area contributed by atoms with E-state index in [2.05, 4.69) is 69.9 Å². The van der Waals surface area contributed by atoms with Crippen molar-refractivity contribution in [1.29, 1.82) is 5.26 Å². The normalized spacial score (nSPS) is 14.3. The number of aliphatic imine (C=N–C) groups is 1. The number of fused-ring (bicyclic) bond motifs is 1. The van der Waals surface area contributed by atoms with Crippen molar-refractivity contribution in [1.82, 2.24) is 19.7 Å². The summed E-state index contributed by atoms with van der Waals surface area (Å²) in [4.78, 5) is 31.5. The van der Waals surface area contributed by atoms with Gasteiger partial charge in [0.2, 0.25) is 0 Å². The first-order chi connectivity index (χ1) is 24.4. The van der Waals surface area contributed by atoms with Gasteiger partial charge in [-0.1, -0.05) is 146 Å². The molecule has 0 fully saturated rings. The van der Waals surface area contributed by atoms with E-state index in [0.29, 0.717) is 22.9 Å². The minimum absolute atomic E-state index is 0.0590. The molecule has 1 atom stereocenters. The number of allylic oxidation sites excluding steroid dienone is 2. The first-order valence-electron chi connectivity index (χ1n) is 19.4. The molecule has 8 nitrogen and oxygen atoms in total. The van der Waals surface area contributed by atoms with Gasteiger partial charge in [0.1, 0.15) is 28.0 Å². The first-order valence-corrected chi connectivity index (χ1v) is 20.2. The molecule has 1 aliphatic heterocycles. The second-order valence-electron chi connectivity index (χ2n) is 13.9. The van der Waals surface area contributed by atoms with Crippen LogP contribution in [0, 0.1) is 18.3 Å². The highest BCUT2D eigenvalue weighted by Gasteiger charge is 2.34. The van der Waals surface area contributed by atoms with Crippen LogP contribution >= 0.6 is 11.3 Å². The number of rotatable bonds is 22. The van der Waals surface area contributed by atoms with Gasteiger partial charge in [0.25, 0.3) is 5.91 Å². The zero-order valence-corrected chi connectivity index (χ0v) is 32.4. The zero-order chi connectivity index (χ0) is 35.9. The Bertz CT molecular complexity index is 1610. The average molecular weight is 698 g/mol. The Morgan fingerprint density at radius 1 is 0.840 bits per heavy atom. The predicted octanol–water partition coefficient (Wildman–Crippen LogP) is 11.5. The second kappa shape index (κ2) is 20.3. The molecule has 1 aromatic carbocycles. The number of anilines is 1. The van der Waals surface area contributed by atoms with Crippen molar-refractivity contribution < 1.29 is 4.79 Å². The van der Waals surface area contributed by atoms with Crippen LogP contribution in [0.3, 0.4) is 0 Å². The number of benzene rings is 1.